The average molecular weight is 260 g/mol. The summed E-state index contributed by atoms with van der Waals surface area (Å²) in [7, 11) is 1.04. The highest BCUT2D eigenvalue weighted by Crippen LogP contribution is 2.16. The van der Waals surface area contributed by atoms with Gasteiger partial charge >= 0.3 is 0 Å². The van der Waals surface area contributed by atoms with Gasteiger partial charge in [-0.3, -0.25) is 4.21 Å². The molecule has 1 aromatic rings. The highest BCUT2D eigenvalue weighted by atomic mass is 32.2. The van der Waals surface area contributed by atoms with Crippen LogP contribution in [0.4, 0.5) is 11.6 Å². The first-order valence-electron chi connectivity index (χ1n) is 4.80. The molecule has 1 atom stereocenters. The van der Waals surface area contributed by atoms with E-state index in [0.29, 0.717) is 17.5 Å². The molecule has 0 fully saturated rings. The average Bonchev–Trinajstić information content (AvgIpc) is 2.28. The summed E-state index contributed by atoms with van der Waals surface area (Å²) in [6.45, 7) is 0.650. The lowest BCUT2D eigenvalue weighted by molar-refractivity contribution is 0.687. The highest BCUT2D eigenvalue weighted by molar-refractivity contribution is 7.98. The zero-order chi connectivity index (χ0) is 12.0. The van der Waals surface area contributed by atoms with E-state index in [9.17, 15) is 4.21 Å². The van der Waals surface area contributed by atoms with Gasteiger partial charge in [-0.05, 0) is 6.26 Å². The molecule has 0 saturated carbocycles. The number of rotatable bonds is 6. The van der Waals surface area contributed by atoms with Crippen LogP contribution in [0.15, 0.2) is 11.2 Å². The van der Waals surface area contributed by atoms with Gasteiger partial charge in [-0.25, -0.2) is 9.97 Å². The molecule has 90 valence electrons. The molecule has 2 N–H and O–H groups in total. The fourth-order valence-electron chi connectivity index (χ4n) is 1.06. The van der Waals surface area contributed by atoms with Crippen LogP contribution in [0.3, 0.4) is 0 Å². The number of hydrogen-bond donors (Lipinski definition) is 2. The molecule has 0 spiro atoms. The minimum absolute atomic E-state index is 0.619. The lowest BCUT2D eigenvalue weighted by Gasteiger charge is -2.07. The Morgan fingerprint density at radius 2 is 2.12 bits per heavy atom. The van der Waals surface area contributed by atoms with Gasteiger partial charge in [-0.15, -0.1) is 0 Å². The predicted molar refractivity (Wildman–Crippen MR) is 70.8 cm³/mol. The monoisotopic (exact) mass is 260 g/mol. The van der Waals surface area contributed by atoms with Crippen molar-refractivity contribution in [3.05, 3.63) is 6.07 Å². The van der Waals surface area contributed by atoms with E-state index in [1.165, 1.54) is 11.8 Å². The van der Waals surface area contributed by atoms with E-state index >= 15 is 0 Å². The number of nitrogens with one attached hydrogen (secondary N) is 2. The number of nitrogens with zero attached hydrogens (tertiary/aromatic N) is 2. The first-order valence-corrected chi connectivity index (χ1v) is 7.75. The summed E-state index contributed by atoms with van der Waals surface area (Å²) in [5.41, 5.74) is 0. The molecule has 5 nitrogen and oxygen atoms in total. The molecule has 0 aromatic carbocycles. The van der Waals surface area contributed by atoms with E-state index in [1.54, 1.807) is 6.26 Å². The zero-order valence-corrected chi connectivity index (χ0v) is 11.2. The van der Waals surface area contributed by atoms with E-state index in [2.05, 4.69) is 20.6 Å². The third-order valence-corrected chi connectivity index (χ3v) is 3.17. The zero-order valence-electron chi connectivity index (χ0n) is 9.61. The molecule has 1 rings (SSSR count). The molecule has 0 aliphatic rings. The Balaban J connectivity index is 2.67. The summed E-state index contributed by atoms with van der Waals surface area (Å²) in [4.78, 5) is 8.55. The van der Waals surface area contributed by atoms with Crippen molar-refractivity contribution in [1.82, 2.24) is 9.97 Å². The van der Waals surface area contributed by atoms with Crippen molar-refractivity contribution in [3.8, 4) is 0 Å². The minimum atomic E-state index is -0.780. The van der Waals surface area contributed by atoms with Crippen molar-refractivity contribution in [1.29, 1.82) is 0 Å². The van der Waals surface area contributed by atoms with Crippen LogP contribution >= 0.6 is 11.8 Å². The van der Waals surface area contributed by atoms with Crippen LogP contribution in [0.5, 0.6) is 0 Å². The van der Waals surface area contributed by atoms with Gasteiger partial charge in [0.15, 0.2) is 5.16 Å². The molecular weight excluding hydrogens is 244 g/mol. The maximum absolute atomic E-state index is 10.9. The van der Waals surface area contributed by atoms with Gasteiger partial charge in [0.05, 0.1) is 0 Å². The number of hydrogen-bond acceptors (Lipinski definition) is 6. The molecule has 0 radical (unpaired) electrons. The van der Waals surface area contributed by atoms with Crippen LogP contribution in [0.1, 0.15) is 0 Å². The maximum Gasteiger partial charge on any atom is 0.191 e. The molecule has 0 saturated heterocycles. The second-order valence-corrected chi connectivity index (χ2v) is 5.41. The Hall–Kier alpha value is -0.820. The summed E-state index contributed by atoms with van der Waals surface area (Å²) in [6, 6.07) is 1.83. The van der Waals surface area contributed by atoms with E-state index < -0.39 is 10.8 Å². The maximum atomic E-state index is 10.9. The topological polar surface area (TPSA) is 66.9 Å². The van der Waals surface area contributed by atoms with E-state index in [4.69, 9.17) is 0 Å². The SMILES string of the molecule is CNc1cc(NCCS(C)=O)nc(SC)n1. The fourth-order valence-corrected chi connectivity index (χ4v) is 1.83. The first-order chi connectivity index (χ1) is 7.65. The summed E-state index contributed by atoms with van der Waals surface area (Å²) in [5.74, 6) is 2.15. The molecule has 1 unspecified atom stereocenters. The molecule has 1 aromatic heterocycles. The van der Waals surface area contributed by atoms with E-state index in [-0.39, 0.29) is 0 Å². The van der Waals surface area contributed by atoms with Gasteiger partial charge in [-0.1, -0.05) is 11.8 Å². The lowest BCUT2D eigenvalue weighted by atomic mass is 10.5. The first kappa shape index (κ1) is 13.2. The van der Waals surface area contributed by atoms with Crippen molar-refractivity contribution in [2.24, 2.45) is 0 Å². The van der Waals surface area contributed by atoms with Gasteiger partial charge in [0.2, 0.25) is 0 Å². The van der Waals surface area contributed by atoms with Crippen molar-refractivity contribution >= 4 is 34.2 Å². The molecule has 0 amide bonds. The third-order valence-electron chi connectivity index (χ3n) is 1.84. The quantitative estimate of drug-likeness (QED) is 0.588. The van der Waals surface area contributed by atoms with Crippen molar-refractivity contribution in [2.45, 2.75) is 5.16 Å². The van der Waals surface area contributed by atoms with Crippen LogP contribution in [-0.2, 0) is 10.8 Å². The van der Waals surface area contributed by atoms with Crippen LogP contribution in [0.25, 0.3) is 0 Å². The largest absolute Gasteiger partial charge is 0.373 e. The second-order valence-electron chi connectivity index (χ2n) is 3.08. The summed E-state index contributed by atoms with van der Waals surface area (Å²) in [6.07, 6.45) is 3.62. The Kier molecular flexibility index (Phi) is 5.54. The van der Waals surface area contributed by atoms with Crippen molar-refractivity contribution in [2.75, 3.05) is 42.5 Å². The lowest BCUT2D eigenvalue weighted by Crippen LogP contribution is -2.11. The summed E-state index contributed by atoms with van der Waals surface area (Å²) in [5, 5.41) is 6.82. The van der Waals surface area contributed by atoms with Crippen LogP contribution in [0.2, 0.25) is 0 Å². The second kappa shape index (κ2) is 6.70. The van der Waals surface area contributed by atoms with E-state index in [0.717, 1.165) is 11.6 Å². The highest BCUT2D eigenvalue weighted by Gasteiger charge is 2.02. The Morgan fingerprint density at radius 3 is 2.69 bits per heavy atom. The number of thioether (sulfide) groups is 1. The van der Waals surface area contributed by atoms with Gasteiger partial charge in [-0.2, -0.15) is 0 Å². The van der Waals surface area contributed by atoms with Gasteiger partial charge in [0, 0.05) is 42.5 Å². The van der Waals surface area contributed by atoms with Gasteiger partial charge in [0.25, 0.3) is 0 Å². The van der Waals surface area contributed by atoms with Crippen molar-refractivity contribution in [3.63, 3.8) is 0 Å². The fraction of sp³-hybridized carbons (Fsp3) is 0.556. The molecular formula is C9H16N4OS2. The standard InChI is InChI=1S/C9H16N4OS2/c1-10-7-6-8(11-4-5-16(3)14)13-9(12-7)15-2/h6H,4-5H2,1-3H3,(H2,10,11,12,13). The van der Waals surface area contributed by atoms with Gasteiger partial charge < -0.3 is 10.6 Å². The van der Waals surface area contributed by atoms with Gasteiger partial charge in [0.1, 0.15) is 11.6 Å². The molecule has 0 bridgehead atoms. The van der Waals surface area contributed by atoms with Crippen LogP contribution in [-0.4, -0.2) is 46.0 Å². The molecule has 0 aliphatic heterocycles. The molecule has 16 heavy (non-hydrogen) atoms. The Bertz CT molecular complexity index is 350. The summed E-state index contributed by atoms with van der Waals surface area (Å²) < 4.78 is 10.9. The Labute approximate surface area is 102 Å². The number of aromatic nitrogens is 2. The predicted octanol–water partition coefficient (Wildman–Crippen LogP) is 1.03. The van der Waals surface area contributed by atoms with Crippen LogP contribution < -0.4 is 10.6 Å². The van der Waals surface area contributed by atoms with Crippen molar-refractivity contribution < 1.29 is 4.21 Å². The molecule has 0 aliphatic carbocycles. The minimum Gasteiger partial charge on any atom is -0.373 e. The summed E-state index contributed by atoms with van der Waals surface area (Å²) >= 11 is 1.49. The van der Waals surface area contributed by atoms with E-state index in [1.807, 2.05) is 19.4 Å². The normalized spacial score (nSPS) is 12.2. The Morgan fingerprint density at radius 1 is 1.44 bits per heavy atom. The third kappa shape index (κ3) is 4.36. The molecule has 7 heteroatoms. The smallest absolute Gasteiger partial charge is 0.191 e. The number of anilines is 2. The molecule has 1 heterocycles. The van der Waals surface area contributed by atoms with Crippen LogP contribution in [0, 0.1) is 0 Å².